The number of piperazine rings is 1. The number of hydrogen-bond donors (Lipinski definition) is 2. The van der Waals surface area contributed by atoms with Crippen molar-refractivity contribution in [1.82, 2.24) is 25.1 Å². The Morgan fingerprint density at radius 1 is 1.00 bits per heavy atom. The van der Waals surface area contributed by atoms with Gasteiger partial charge in [-0.25, -0.2) is 4.79 Å². The first-order valence-electron chi connectivity index (χ1n) is 12.7. The summed E-state index contributed by atoms with van der Waals surface area (Å²) in [6.45, 7) is 0.883. The minimum absolute atomic E-state index is 0.0235. The monoisotopic (exact) mass is 547 g/mol. The third-order valence-electron chi connectivity index (χ3n) is 7.16. The van der Waals surface area contributed by atoms with Crippen molar-refractivity contribution in [1.29, 1.82) is 0 Å². The summed E-state index contributed by atoms with van der Waals surface area (Å²) in [5.41, 5.74) is 2.65. The Balaban J connectivity index is 1.39. The van der Waals surface area contributed by atoms with E-state index >= 15 is 0 Å². The molecule has 3 aromatic carbocycles. The summed E-state index contributed by atoms with van der Waals surface area (Å²) in [4.78, 5) is 43.5. The number of hydrazine groups is 1. The molecular formula is C29H30ClN5O4. The van der Waals surface area contributed by atoms with Crippen LogP contribution in [0.15, 0.2) is 78.9 Å². The van der Waals surface area contributed by atoms with Crippen molar-refractivity contribution in [2.45, 2.75) is 31.7 Å². The Hall–Kier alpha value is -4.08. The predicted octanol–water partition coefficient (Wildman–Crippen LogP) is 3.23. The standard InChI is InChI=1S/C29H30ClN5O4/c1-32(29(39)31-16-21-6-3-2-4-7-21)34-19-27(37)35-25(15-20-10-12-24(36)13-11-20)28(38)33(18-26(34)35)17-22-8-5-9-23(30)14-22/h2-14,25-26,36H,15-19H2,1H3,(H,31,39)/t25-,26+/m0/s1. The lowest BCUT2D eigenvalue weighted by Crippen LogP contribution is -2.65. The SMILES string of the molecule is CN(C(=O)NCc1ccccc1)N1CC(=O)N2[C@@H](Cc3ccc(O)cc3)C(=O)N(Cc3cccc(Cl)c3)C[C@@H]21. The normalized spacial score (nSPS) is 19.2. The van der Waals surface area contributed by atoms with E-state index in [4.69, 9.17) is 11.6 Å². The Morgan fingerprint density at radius 2 is 1.72 bits per heavy atom. The third kappa shape index (κ3) is 5.84. The molecule has 2 atom stereocenters. The minimum Gasteiger partial charge on any atom is -0.508 e. The van der Waals surface area contributed by atoms with Crippen molar-refractivity contribution in [3.8, 4) is 5.75 Å². The van der Waals surface area contributed by atoms with E-state index in [1.165, 1.54) is 5.01 Å². The molecule has 2 aliphatic heterocycles. The number of carbonyl (C=O) groups is 3. The fourth-order valence-electron chi connectivity index (χ4n) is 5.17. The maximum atomic E-state index is 13.8. The second-order valence-electron chi connectivity index (χ2n) is 9.78. The van der Waals surface area contributed by atoms with Crippen molar-refractivity contribution >= 4 is 29.4 Å². The summed E-state index contributed by atoms with van der Waals surface area (Å²) in [5, 5.41) is 16.3. The summed E-state index contributed by atoms with van der Waals surface area (Å²) >= 11 is 6.19. The number of benzene rings is 3. The van der Waals surface area contributed by atoms with Crippen molar-refractivity contribution < 1.29 is 19.5 Å². The zero-order valence-corrected chi connectivity index (χ0v) is 22.3. The van der Waals surface area contributed by atoms with E-state index < -0.39 is 12.2 Å². The maximum Gasteiger partial charge on any atom is 0.332 e. The number of fused-ring (bicyclic) bond motifs is 1. The van der Waals surface area contributed by atoms with Crippen LogP contribution in [-0.4, -0.2) is 75.1 Å². The number of nitrogens with one attached hydrogen (secondary N) is 1. The van der Waals surface area contributed by atoms with Crippen LogP contribution >= 0.6 is 11.6 Å². The zero-order chi connectivity index (χ0) is 27.5. The molecule has 39 heavy (non-hydrogen) atoms. The second kappa shape index (κ2) is 11.3. The molecule has 0 unspecified atom stereocenters. The first kappa shape index (κ1) is 26.5. The molecule has 202 valence electrons. The first-order valence-corrected chi connectivity index (χ1v) is 13.1. The van der Waals surface area contributed by atoms with E-state index in [1.807, 2.05) is 48.5 Å². The van der Waals surface area contributed by atoms with Crippen LogP contribution in [0.4, 0.5) is 4.79 Å². The van der Waals surface area contributed by atoms with Gasteiger partial charge < -0.3 is 20.2 Å². The molecule has 0 saturated carbocycles. The largest absolute Gasteiger partial charge is 0.508 e. The smallest absolute Gasteiger partial charge is 0.332 e. The summed E-state index contributed by atoms with van der Waals surface area (Å²) in [7, 11) is 1.63. The van der Waals surface area contributed by atoms with Crippen LogP contribution in [-0.2, 0) is 29.1 Å². The number of hydrogen-bond acceptors (Lipinski definition) is 5. The number of rotatable bonds is 7. The summed E-state index contributed by atoms with van der Waals surface area (Å²) < 4.78 is 0. The fraction of sp³-hybridized carbons (Fsp3) is 0.276. The van der Waals surface area contributed by atoms with Crippen molar-refractivity contribution in [3.63, 3.8) is 0 Å². The summed E-state index contributed by atoms with van der Waals surface area (Å²) in [6, 6.07) is 22.4. The third-order valence-corrected chi connectivity index (χ3v) is 7.40. The molecule has 5 rings (SSSR count). The topological polar surface area (TPSA) is 96.4 Å². The van der Waals surface area contributed by atoms with Gasteiger partial charge in [-0.2, -0.15) is 5.01 Å². The molecule has 2 aliphatic rings. The minimum atomic E-state index is -0.759. The Kier molecular flexibility index (Phi) is 7.72. The first-order chi connectivity index (χ1) is 18.8. The average Bonchev–Trinajstić information content (AvgIpc) is 3.26. The van der Waals surface area contributed by atoms with Gasteiger partial charge in [-0.05, 0) is 41.0 Å². The fourth-order valence-corrected chi connectivity index (χ4v) is 5.38. The number of amides is 4. The van der Waals surface area contributed by atoms with Gasteiger partial charge in [-0.3, -0.25) is 14.6 Å². The average molecular weight is 548 g/mol. The number of phenolic OH excluding ortho intramolecular Hbond substituents is 1. The highest BCUT2D eigenvalue weighted by atomic mass is 35.5. The quantitative estimate of drug-likeness (QED) is 0.473. The Bertz CT molecular complexity index is 1350. The number of halogens is 1. The molecule has 4 amide bonds. The second-order valence-corrected chi connectivity index (χ2v) is 10.2. The van der Waals surface area contributed by atoms with Gasteiger partial charge in [0.25, 0.3) is 0 Å². The molecule has 0 aromatic heterocycles. The molecule has 2 fully saturated rings. The summed E-state index contributed by atoms with van der Waals surface area (Å²) in [6.07, 6.45) is -0.241. The molecule has 0 aliphatic carbocycles. The lowest BCUT2D eigenvalue weighted by molar-refractivity contribution is -0.157. The highest BCUT2D eigenvalue weighted by Crippen LogP contribution is 2.30. The number of aromatic hydroxyl groups is 1. The number of nitrogens with zero attached hydrogens (tertiary/aromatic N) is 4. The highest BCUT2D eigenvalue weighted by molar-refractivity contribution is 6.30. The van der Waals surface area contributed by atoms with Crippen LogP contribution in [0.25, 0.3) is 0 Å². The Morgan fingerprint density at radius 3 is 2.44 bits per heavy atom. The van der Waals surface area contributed by atoms with Crippen LogP contribution in [0.1, 0.15) is 16.7 Å². The lowest BCUT2D eigenvalue weighted by Gasteiger charge is -2.45. The van der Waals surface area contributed by atoms with Crippen molar-refractivity contribution in [3.05, 3.63) is 101 Å². The molecular weight excluding hydrogens is 518 g/mol. The molecule has 3 aromatic rings. The van der Waals surface area contributed by atoms with E-state index in [9.17, 15) is 19.5 Å². The zero-order valence-electron chi connectivity index (χ0n) is 21.5. The van der Waals surface area contributed by atoms with Gasteiger partial charge in [0.2, 0.25) is 11.8 Å². The van der Waals surface area contributed by atoms with Crippen LogP contribution < -0.4 is 5.32 Å². The van der Waals surface area contributed by atoms with E-state index in [2.05, 4.69) is 5.32 Å². The van der Waals surface area contributed by atoms with Crippen LogP contribution in [0.3, 0.4) is 0 Å². The van der Waals surface area contributed by atoms with Crippen LogP contribution in [0.2, 0.25) is 5.02 Å². The van der Waals surface area contributed by atoms with Crippen LogP contribution in [0.5, 0.6) is 5.75 Å². The molecule has 2 N–H and O–H groups in total. The molecule has 10 heteroatoms. The predicted molar refractivity (Wildman–Crippen MR) is 146 cm³/mol. The van der Waals surface area contributed by atoms with Crippen LogP contribution in [0, 0.1) is 0 Å². The van der Waals surface area contributed by atoms with Gasteiger partial charge in [0.05, 0.1) is 13.1 Å². The van der Waals surface area contributed by atoms with Gasteiger partial charge in [0.15, 0.2) is 0 Å². The van der Waals surface area contributed by atoms with E-state index in [0.29, 0.717) is 18.1 Å². The maximum absolute atomic E-state index is 13.8. The highest BCUT2D eigenvalue weighted by Gasteiger charge is 2.51. The number of carbonyl (C=O) groups excluding carboxylic acids is 3. The van der Waals surface area contributed by atoms with Crippen molar-refractivity contribution in [2.75, 3.05) is 20.1 Å². The lowest BCUT2D eigenvalue weighted by atomic mass is 10.00. The molecule has 9 nitrogen and oxygen atoms in total. The summed E-state index contributed by atoms with van der Waals surface area (Å²) in [5.74, 6) is -0.270. The Labute approximate surface area is 232 Å². The van der Waals surface area contributed by atoms with Gasteiger partial charge >= 0.3 is 6.03 Å². The van der Waals surface area contributed by atoms with E-state index in [-0.39, 0.29) is 43.1 Å². The molecule has 0 radical (unpaired) electrons. The van der Waals surface area contributed by atoms with Gasteiger partial charge in [-0.15, -0.1) is 0 Å². The van der Waals surface area contributed by atoms with E-state index in [1.54, 1.807) is 52.2 Å². The number of phenols is 1. The molecule has 0 spiro atoms. The van der Waals surface area contributed by atoms with Crippen molar-refractivity contribution in [2.24, 2.45) is 0 Å². The van der Waals surface area contributed by atoms with Gasteiger partial charge in [0.1, 0.15) is 18.0 Å². The van der Waals surface area contributed by atoms with E-state index in [0.717, 1.165) is 16.7 Å². The van der Waals surface area contributed by atoms with Gasteiger partial charge in [-0.1, -0.05) is 66.2 Å². The molecule has 2 saturated heterocycles. The molecule has 2 heterocycles. The molecule has 0 bridgehead atoms. The van der Waals surface area contributed by atoms with Gasteiger partial charge in [0, 0.05) is 31.6 Å². The number of urea groups is 1.